The lowest BCUT2D eigenvalue weighted by Crippen LogP contribution is -2.33. The molecule has 0 atom stereocenters. The summed E-state index contributed by atoms with van der Waals surface area (Å²) in [6, 6.07) is 0.511. The largest absolute Gasteiger partial charge is 0.485 e. The molecule has 0 heterocycles. The van der Waals surface area contributed by atoms with Crippen LogP contribution in [0.4, 0.5) is 0 Å². The van der Waals surface area contributed by atoms with Crippen molar-refractivity contribution < 1.29 is 4.12 Å². The molecule has 0 aromatic heterocycles. The predicted molar refractivity (Wildman–Crippen MR) is 52.3 cm³/mol. The van der Waals surface area contributed by atoms with Crippen LogP contribution in [0.15, 0.2) is 0 Å². The summed E-state index contributed by atoms with van der Waals surface area (Å²) in [6.45, 7) is -0.914. The van der Waals surface area contributed by atoms with Crippen LogP contribution in [0.3, 0.4) is 0 Å². The Labute approximate surface area is 85.3 Å². The molecule has 0 amide bonds. The SMILES string of the molecule is CC[Si](Cl)(Cl)O[Si](Cl)(Cl)Cl. The highest BCUT2D eigenvalue weighted by Crippen LogP contribution is 2.32. The zero-order valence-electron chi connectivity index (χ0n) is 5.01. The maximum absolute atomic E-state index is 5.67. The monoisotopic (exact) mass is 276 g/mol. The smallest absolute Gasteiger partial charge is 0.399 e. The third-order valence-electron chi connectivity index (χ3n) is 0.677. The molecule has 10 heavy (non-hydrogen) atoms. The lowest BCUT2D eigenvalue weighted by molar-refractivity contribution is 0.622. The number of hydrogen-bond acceptors (Lipinski definition) is 1. The van der Waals surface area contributed by atoms with Gasteiger partial charge in [0.05, 0.1) is 0 Å². The van der Waals surface area contributed by atoms with Crippen molar-refractivity contribution in [1.82, 2.24) is 0 Å². The fourth-order valence-corrected chi connectivity index (χ4v) is 9.94. The molecule has 1 nitrogen and oxygen atoms in total. The van der Waals surface area contributed by atoms with Gasteiger partial charge in [0.15, 0.2) is 0 Å². The normalized spacial score (nSPS) is 13.8. The fourth-order valence-electron chi connectivity index (χ4n) is 0.241. The van der Waals surface area contributed by atoms with E-state index in [4.69, 9.17) is 59.5 Å². The number of halogens is 5. The van der Waals surface area contributed by atoms with Gasteiger partial charge in [0.1, 0.15) is 0 Å². The second kappa shape index (κ2) is 4.19. The zero-order valence-corrected chi connectivity index (χ0v) is 10.8. The van der Waals surface area contributed by atoms with Gasteiger partial charge >= 0.3 is 13.2 Å². The third-order valence-corrected chi connectivity index (χ3v) is 8.70. The van der Waals surface area contributed by atoms with Crippen LogP contribution < -0.4 is 0 Å². The molecule has 0 aromatic carbocycles. The van der Waals surface area contributed by atoms with Crippen LogP contribution in [-0.4, -0.2) is 13.2 Å². The second-order valence-corrected chi connectivity index (χ2v) is 16.0. The molecule has 0 fully saturated rings. The van der Waals surface area contributed by atoms with Gasteiger partial charge in [-0.15, -0.1) is 22.2 Å². The van der Waals surface area contributed by atoms with E-state index in [-0.39, 0.29) is 0 Å². The molecule has 0 aliphatic rings. The Hall–Kier alpha value is 1.84. The zero-order chi connectivity index (χ0) is 8.41. The Bertz CT molecular complexity index is 111. The average Bonchev–Trinajstić information content (AvgIpc) is 1.60. The summed E-state index contributed by atoms with van der Waals surface area (Å²) in [4.78, 5) is 0. The van der Waals surface area contributed by atoms with Crippen molar-refractivity contribution in [2.75, 3.05) is 0 Å². The highest BCUT2D eigenvalue weighted by atomic mass is 35.8. The van der Waals surface area contributed by atoms with E-state index in [0.29, 0.717) is 6.04 Å². The van der Waals surface area contributed by atoms with E-state index in [0.717, 1.165) is 0 Å². The molecule has 0 spiro atoms. The summed E-state index contributed by atoms with van der Waals surface area (Å²) >= 11 is 27.6. The van der Waals surface area contributed by atoms with Gasteiger partial charge < -0.3 is 4.12 Å². The van der Waals surface area contributed by atoms with Gasteiger partial charge in [0, 0.05) is 0 Å². The molecule has 0 saturated carbocycles. The van der Waals surface area contributed by atoms with Crippen LogP contribution in [0.5, 0.6) is 0 Å². The minimum Gasteiger partial charge on any atom is -0.399 e. The summed E-state index contributed by atoms with van der Waals surface area (Å²) in [7, 11) is 0. The van der Waals surface area contributed by atoms with Gasteiger partial charge in [0.25, 0.3) is 0 Å². The van der Waals surface area contributed by atoms with E-state index in [9.17, 15) is 0 Å². The van der Waals surface area contributed by atoms with Gasteiger partial charge in [0.2, 0.25) is 0 Å². The number of hydrogen-bond donors (Lipinski definition) is 0. The first-order valence-corrected chi connectivity index (χ1v) is 11.5. The van der Waals surface area contributed by atoms with Crippen LogP contribution in [0, 0.1) is 0 Å². The van der Waals surface area contributed by atoms with E-state index >= 15 is 0 Å². The summed E-state index contributed by atoms with van der Waals surface area (Å²) in [5.74, 6) is 0. The highest BCUT2D eigenvalue weighted by Gasteiger charge is 2.40. The van der Waals surface area contributed by atoms with Crippen molar-refractivity contribution in [3.05, 3.63) is 0 Å². The quantitative estimate of drug-likeness (QED) is 0.566. The van der Waals surface area contributed by atoms with Crippen molar-refractivity contribution in [3.8, 4) is 0 Å². The van der Waals surface area contributed by atoms with Gasteiger partial charge in [-0.2, -0.15) is 0 Å². The third kappa shape index (κ3) is 6.55. The van der Waals surface area contributed by atoms with Crippen molar-refractivity contribution in [2.24, 2.45) is 0 Å². The first-order valence-electron chi connectivity index (χ1n) is 2.41. The molecule has 62 valence electrons. The maximum atomic E-state index is 5.67. The molecule has 0 unspecified atom stereocenters. The summed E-state index contributed by atoms with van der Waals surface area (Å²) in [5.41, 5.74) is 0. The second-order valence-electron chi connectivity index (χ2n) is 1.54. The van der Waals surface area contributed by atoms with Crippen LogP contribution in [0.2, 0.25) is 6.04 Å². The lowest BCUT2D eigenvalue weighted by Gasteiger charge is -2.19. The molecule has 0 saturated heterocycles. The molecule has 0 bridgehead atoms. The Kier molecular flexibility index (Phi) is 4.96. The van der Waals surface area contributed by atoms with E-state index in [2.05, 4.69) is 0 Å². The summed E-state index contributed by atoms with van der Waals surface area (Å²) in [6.07, 6.45) is -3.10. The minimum atomic E-state index is -3.10. The number of rotatable bonds is 3. The average molecular weight is 278 g/mol. The van der Waals surface area contributed by atoms with E-state index in [1.54, 1.807) is 6.92 Å². The van der Waals surface area contributed by atoms with Crippen molar-refractivity contribution in [2.45, 2.75) is 13.0 Å². The molecule has 0 aliphatic carbocycles. The van der Waals surface area contributed by atoms with Crippen LogP contribution in [-0.2, 0) is 4.12 Å². The Morgan fingerprint density at radius 2 is 1.50 bits per heavy atom. The van der Waals surface area contributed by atoms with E-state index in [1.165, 1.54) is 0 Å². The van der Waals surface area contributed by atoms with Crippen LogP contribution in [0.1, 0.15) is 6.92 Å². The molecule has 0 radical (unpaired) electrons. The van der Waals surface area contributed by atoms with Crippen molar-refractivity contribution >= 4 is 68.6 Å². The van der Waals surface area contributed by atoms with Gasteiger partial charge in [-0.25, -0.2) is 0 Å². The molecule has 0 N–H and O–H groups in total. The molecule has 0 rings (SSSR count). The van der Waals surface area contributed by atoms with E-state index < -0.39 is 13.2 Å². The molecule has 8 heteroatoms. The Morgan fingerprint density at radius 1 is 1.10 bits per heavy atom. The molecular formula is C2H5Cl5OSi2. The van der Waals surface area contributed by atoms with Gasteiger partial charge in [-0.3, -0.25) is 0 Å². The highest BCUT2D eigenvalue weighted by molar-refractivity contribution is 7.64. The van der Waals surface area contributed by atoms with Gasteiger partial charge in [-0.1, -0.05) is 40.2 Å². The first-order chi connectivity index (χ1) is 4.27. The summed E-state index contributed by atoms with van der Waals surface area (Å²) in [5, 5.41) is 0. The first kappa shape index (κ1) is 11.8. The van der Waals surface area contributed by atoms with Gasteiger partial charge in [-0.05, 0) is 6.04 Å². The lowest BCUT2D eigenvalue weighted by atomic mass is 11.0. The molecule has 0 aliphatic heterocycles. The molecular weight excluding hydrogens is 273 g/mol. The van der Waals surface area contributed by atoms with E-state index in [1.807, 2.05) is 0 Å². The molecule has 0 aromatic rings. The predicted octanol–water partition coefficient (Wildman–Crippen LogP) is 3.59. The maximum Gasteiger partial charge on any atom is 0.485 e. The summed E-state index contributed by atoms with van der Waals surface area (Å²) < 4.78 is 4.88. The Balaban J connectivity index is 3.89. The van der Waals surface area contributed by atoms with Crippen LogP contribution >= 0.6 is 55.4 Å². The fraction of sp³-hybridized carbons (Fsp3) is 1.00. The Morgan fingerprint density at radius 3 is 1.60 bits per heavy atom. The van der Waals surface area contributed by atoms with Crippen LogP contribution in [0.25, 0.3) is 0 Å². The topological polar surface area (TPSA) is 9.23 Å². The standard InChI is InChI=1S/C2H5Cl5OSi2/c1-2-9(3,4)8-10(5,6)7/h2H2,1H3. The van der Waals surface area contributed by atoms with Crippen molar-refractivity contribution in [1.29, 1.82) is 0 Å². The van der Waals surface area contributed by atoms with Crippen molar-refractivity contribution in [3.63, 3.8) is 0 Å². The minimum absolute atomic E-state index is 0.511.